The Morgan fingerprint density at radius 1 is 0.727 bits per heavy atom. The van der Waals surface area contributed by atoms with Gasteiger partial charge in [-0.1, -0.05) is 48.5 Å². The first kappa shape index (κ1) is 34.3. The van der Waals surface area contributed by atoms with E-state index in [1.807, 2.05) is 48.5 Å². The molecule has 44 heavy (non-hydrogen) atoms. The molecule has 10 heteroatoms. The average Bonchev–Trinajstić information content (AvgIpc) is 3.23. The third-order valence-corrected chi connectivity index (χ3v) is 6.80. The van der Waals surface area contributed by atoms with Crippen LogP contribution in [0.4, 0.5) is 4.79 Å². The Balaban J connectivity index is 1.70. The van der Waals surface area contributed by atoms with Crippen molar-refractivity contribution < 1.29 is 38.2 Å². The number of carbonyl (C=O) groups is 5. The Bertz CT molecular complexity index is 1330. The molecular weight excluding hydrogens is 564 g/mol. The van der Waals surface area contributed by atoms with Gasteiger partial charge in [-0.05, 0) is 83.6 Å². The molecule has 0 aliphatic heterocycles. The molecule has 0 spiro atoms. The standard InChI is InChI=1S/C34H44N2O8/c1-21(37)16-17-27(30(39)35-28(31(40)44-34(5,6)7)18-19-29(38)43-33(2,3)4)36-32(41)42-20-26-24-14-10-8-12-22(24)23-13-9-11-15-25(23)26/h8-15,26-28H,16-20H2,1-7H3,(H,35,39)(H,36,41)/t27-,28?/m1/s1. The van der Waals surface area contributed by atoms with E-state index in [-0.39, 0.29) is 44.0 Å². The molecular formula is C34H44N2O8. The molecule has 3 rings (SSSR count). The van der Waals surface area contributed by atoms with E-state index in [1.54, 1.807) is 41.5 Å². The van der Waals surface area contributed by atoms with Crippen LogP contribution < -0.4 is 10.6 Å². The van der Waals surface area contributed by atoms with Gasteiger partial charge in [0, 0.05) is 18.8 Å². The van der Waals surface area contributed by atoms with Crippen LogP contribution in [0.1, 0.15) is 91.2 Å². The van der Waals surface area contributed by atoms with Gasteiger partial charge in [0.2, 0.25) is 5.91 Å². The first-order valence-electron chi connectivity index (χ1n) is 14.9. The number of hydrogen-bond donors (Lipinski definition) is 2. The average molecular weight is 609 g/mol. The largest absolute Gasteiger partial charge is 0.460 e. The molecule has 2 aromatic rings. The van der Waals surface area contributed by atoms with E-state index in [9.17, 15) is 24.0 Å². The van der Waals surface area contributed by atoms with Crippen molar-refractivity contribution in [1.82, 2.24) is 10.6 Å². The molecule has 0 saturated carbocycles. The maximum absolute atomic E-state index is 13.4. The topological polar surface area (TPSA) is 137 Å². The summed E-state index contributed by atoms with van der Waals surface area (Å²) < 4.78 is 16.4. The number of hydrogen-bond acceptors (Lipinski definition) is 8. The van der Waals surface area contributed by atoms with Gasteiger partial charge in [0.25, 0.3) is 0 Å². The van der Waals surface area contributed by atoms with Gasteiger partial charge in [-0.2, -0.15) is 0 Å². The minimum atomic E-state index is -1.20. The molecule has 2 N–H and O–H groups in total. The summed E-state index contributed by atoms with van der Waals surface area (Å²) in [5, 5.41) is 5.17. The summed E-state index contributed by atoms with van der Waals surface area (Å²) in [7, 11) is 0. The smallest absolute Gasteiger partial charge is 0.407 e. The van der Waals surface area contributed by atoms with E-state index in [2.05, 4.69) is 10.6 Å². The molecule has 0 aromatic heterocycles. The second kappa shape index (κ2) is 14.5. The highest BCUT2D eigenvalue weighted by molar-refractivity contribution is 5.90. The Morgan fingerprint density at radius 2 is 1.25 bits per heavy atom. The van der Waals surface area contributed by atoms with Gasteiger partial charge in [-0.25, -0.2) is 9.59 Å². The molecule has 1 unspecified atom stereocenters. The van der Waals surface area contributed by atoms with Crippen LogP contribution >= 0.6 is 0 Å². The highest BCUT2D eigenvalue weighted by atomic mass is 16.6. The molecule has 1 aliphatic carbocycles. The number of nitrogens with one attached hydrogen (secondary N) is 2. The summed E-state index contributed by atoms with van der Waals surface area (Å²) in [6.07, 6.45) is -1.08. The van der Waals surface area contributed by atoms with E-state index in [0.717, 1.165) is 22.3 Å². The molecule has 0 heterocycles. The maximum atomic E-state index is 13.4. The van der Waals surface area contributed by atoms with Gasteiger partial charge >= 0.3 is 18.0 Å². The zero-order chi connectivity index (χ0) is 32.7. The van der Waals surface area contributed by atoms with Crippen molar-refractivity contribution in [2.45, 2.75) is 103 Å². The maximum Gasteiger partial charge on any atom is 0.407 e. The quantitative estimate of drug-likeness (QED) is 0.248. The van der Waals surface area contributed by atoms with E-state index >= 15 is 0 Å². The normalized spacial score (nSPS) is 14.0. The summed E-state index contributed by atoms with van der Waals surface area (Å²) in [6.45, 7) is 11.7. The number of Topliss-reactive ketones (excluding diaryl/α,β-unsaturated/α-hetero) is 1. The third kappa shape index (κ3) is 10.2. The van der Waals surface area contributed by atoms with Gasteiger partial charge < -0.3 is 29.6 Å². The third-order valence-electron chi connectivity index (χ3n) is 6.80. The van der Waals surface area contributed by atoms with Crippen molar-refractivity contribution in [2.75, 3.05) is 6.61 Å². The lowest BCUT2D eigenvalue weighted by Crippen LogP contribution is -2.53. The number of rotatable bonds is 12. The van der Waals surface area contributed by atoms with E-state index < -0.39 is 47.2 Å². The van der Waals surface area contributed by atoms with Crippen LogP contribution in [0.15, 0.2) is 48.5 Å². The molecule has 0 radical (unpaired) electrons. The molecule has 0 bridgehead atoms. The summed E-state index contributed by atoms with van der Waals surface area (Å²) in [5.74, 6) is -2.33. The van der Waals surface area contributed by atoms with E-state index in [4.69, 9.17) is 14.2 Å². The predicted octanol–water partition coefficient (Wildman–Crippen LogP) is 5.21. The Hall–Kier alpha value is -4.21. The van der Waals surface area contributed by atoms with E-state index in [1.165, 1.54) is 6.92 Å². The molecule has 2 amide bonds. The number of ether oxygens (including phenoxy) is 3. The minimum Gasteiger partial charge on any atom is -0.460 e. The van der Waals surface area contributed by atoms with Crippen LogP contribution in [0, 0.1) is 0 Å². The zero-order valence-corrected chi connectivity index (χ0v) is 26.7. The molecule has 0 saturated heterocycles. The van der Waals surface area contributed by atoms with Crippen LogP contribution in [0.5, 0.6) is 0 Å². The van der Waals surface area contributed by atoms with Crippen LogP contribution in [0.3, 0.4) is 0 Å². The van der Waals surface area contributed by atoms with Crippen molar-refractivity contribution in [3.63, 3.8) is 0 Å². The van der Waals surface area contributed by atoms with E-state index in [0.29, 0.717) is 0 Å². The number of ketones is 1. The van der Waals surface area contributed by atoms with Gasteiger partial charge in [0.05, 0.1) is 0 Å². The van der Waals surface area contributed by atoms with Crippen LogP contribution in [-0.4, -0.2) is 59.6 Å². The second-order valence-corrected chi connectivity index (χ2v) is 13.0. The molecule has 2 atom stereocenters. The molecule has 238 valence electrons. The van der Waals surface area contributed by atoms with Crippen molar-refractivity contribution >= 4 is 29.7 Å². The fourth-order valence-electron chi connectivity index (χ4n) is 4.95. The Labute approximate surface area is 259 Å². The fraction of sp³-hybridized carbons (Fsp3) is 0.500. The lowest BCUT2D eigenvalue weighted by Gasteiger charge is -2.26. The number of benzene rings is 2. The first-order chi connectivity index (χ1) is 20.5. The van der Waals surface area contributed by atoms with Crippen molar-refractivity contribution in [1.29, 1.82) is 0 Å². The SMILES string of the molecule is CC(=O)CC[C@@H](NC(=O)OCC1c2ccccc2-c2ccccc21)C(=O)NC(CCC(=O)OC(C)(C)C)C(=O)OC(C)(C)C. The Morgan fingerprint density at radius 3 is 1.77 bits per heavy atom. The highest BCUT2D eigenvalue weighted by Crippen LogP contribution is 2.44. The summed E-state index contributed by atoms with van der Waals surface area (Å²) >= 11 is 0. The van der Waals surface area contributed by atoms with Gasteiger partial charge in [-0.3, -0.25) is 9.59 Å². The zero-order valence-electron chi connectivity index (χ0n) is 26.7. The lowest BCUT2D eigenvalue weighted by atomic mass is 9.98. The first-order valence-corrected chi connectivity index (χ1v) is 14.9. The predicted molar refractivity (Wildman–Crippen MR) is 165 cm³/mol. The number of amides is 2. The number of carbonyl (C=O) groups excluding carboxylic acids is 5. The number of esters is 2. The molecule has 10 nitrogen and oxygen atoms in total. The fourth-order valence-corrected chi connectivity index (χ4v) is 4.95. The van der Waals surface area contributed by atoms with Crippen molar-refractivity contribution in [2.24, 2.45) is 0 Å². The van der Waals surface area contributed by atoms with Crippen LogP contribution in [0.25, 0.3) is 11.1 Å². The number of alkyl carbamates (subject to hydrolysis) is 1. The summed E-state index contributed by atoms with van der Waals surface area (Å²) in [5.41, 5.74) is 2.67. The monoisotopic (exact) mass is 608 g/mol. The second-order valence-electron chi connectivity index (χ2n) is 13.0. The molecule has 0 fully saturated rings. The van der Waals surface area contributed by atoms with Gasteiger partial charge in [-0.15, -0.1) is 0 Å². The van der Waals surface area contributed by atoms with Crippen LogP contribution in [-0.2, 0) is 33.4 Å². The van der Waals surface area contributed by atoms with Gasteiger partial charge in [0.15, 0.2) is 0 Å². The van der Waals surface area contributed by atoms with Crippen molar-refractivity contribution in [3.8, 4) is 11.1 Å². The van der Waals surface area contributed by atoms with Crippen LogP contribution in [0.2, 0.25) is 0 Å². The van der Waals surface area contributed by atoms with Crippen molar-refractivity contribution in [3.05, 3.63) is 59.7 Å². The summed E-state index contributed by atoms with van der Waals surface area (Å²) in [4.78, 5) is 63.5. The molecule has 1 aliphatic rings. The highest BCUT2D eigenvalue weighted by Gasteiger charge is 2.33. The summed E-state index contributed by atoms with van der Waals surface area (Å²) in [6, 6.07) is 13.5. The Kier molecular flexibility index (Phi) is 11.3. The minimum absolute atomic E-state index is 0.0107. The number of fused-ring (bicyclic) bond motifs is 3. The lowest BCUT2D eigenvalue weighted by molar-refractivity contribution is -0.160. The van der Waals surface area contributed by atoms with Gasteiger partial charge in [0.1, 0.15) is 35.7 Å². The molecule has 2 aromatic carbocycles.